The number of aliphatic imine (C=N–C) groups is 1. The molecule has 0 aliphatic carbocycles. The molecule has 1 heterocycles. The van der Waals surface area contributed by atoms with Crippen LogP contribution < -0.4 is 4.72 Å². The van der Waals surface area contributed by atoms with Gasteiger partial charge in [-0.05, 0) is 39.2 Å². The fraction of sp³-hybridized carbons (Fsp3) is 0.417. The predicted molar refractivity (Wildman–Crippen MR) is 71.3 cm³/mol. The minimum absolute atomic E-state index is 0.316. The molecule has 0 amide bonds. The van der Waals surface area contributed by atoms with Gasteiger partial charge in [-0.1, -0.05) is 12.1 Å². The Bertz CT molecular complexity index is 564. The molecule has 6 heteroatoms. The highest BCUT2D eigenvalue weighted by molar-refractivity contribution is 7.90. The number of nitrogens with zero attached hydrogens (tertiary/aromatic N) is 2. The van der Waals surface area contributed by atoms with Crippen LogP contribution in [0.15, 0.2) is 34.2 Å². The Balaban J connectivity index is 2.15. The maximum absolute atomic E-state index is 11.8. The van der Waals surface area contributed by atoms with E-state index in [0.29, 0.717) is 22.8 Å². The first-order valence-corrected chi connectivity index (χ1v) is 7.30. The zero-order valence-electron chi connectivity index (χ0n) is 10.5. The minimum atomic E-state index is -3.40. The van der Waals surface area contributed by atoms with Crippen LogP contribution in [0.2, 0.25) is 0 Å². The van der Waals surface area contributed by atoms with Crippen molar-refractivity contribution in [2.45, 2.75) is 11.3 Å². The fourth-order valence-electron chi connectivity index (χ4n) is 1.83. The number of hydrogen-bond donors (Lipinski definition) is 1. The molecule has 0 radical (unpaired) electrons. The van der Waals surface area contributed by atoms with Gasteiger partial charge in [0.15, 0.2) is 0 Å². The van der Waals surface area contributed by atoms with Gasteiger partial charge in [0, 0.05) is 12.1 Å². The van der Waals surface area contributed by atoms with E-state index in [1.165, 1.54) is 0 Å². The lowest BCUT2D eigenvalue weighted by molar-refractivity contribution is 0.403. The Morgan fingerprint density at radius 2 is 2.00 bits per heavy atom. The molecule has 0 fully saturated rings. The fourth-order valence-corrected chi connectivity index (χ4v) is 3.08. The lowest BCUT2D eigenvalue weighted by Crippen LogP contribution is -2.22. The Morgan fingerprint density at radius 1 is 1.28 bits per heavy atom. The summed E-state index contributed by atoms with van der Waals surface area (Å²) >= 11 is 0. The Kier molecular flexibility index (Phi) is 3.68. The molecule has 0 spiro atoms. The number of sulfonamides is 1. The van der Waals surface area contributed by atoms with Crippen LogP contribution in [0.1, 0.15) is 12.0 Å². The van der Waals surface area contributed by atoms with Crippen molar-refractivity contribution >= 4 is 15.9 Å². The summed E-state index contributed by atoms with van der Waals surface area (Å²) in [5, 5.41) is 0. The molecule has 0 saturated carbocycles. The molecule has 0 aromatic heterocycles. The highest BCUT2D eigenvalue weighted by Gasteiger charge is 2.29. The summed E-state index contributed by atoms with van der Waals surface area (Å²) in [5.41, 5.74) is 0.669. The number of benzene rings is 1. The molecule has 0 atom stereocenters. The van der Waals surface area contributed by atoms with Gasteiger partial charge in [0.2, 0.25) is 0 Å². The summed E-state index contributed by atoms with van der Waals surface area (Å²) in [6.45, 7) is 1.55. The van der Waals surface area contributed by atoms with E-state index in [1.54, 1.807) is 18.2 Å². The van der Waals surface area contributed by atoms with Crippen LogP contribution in [0.5, 0.6) is 0 Å². The molecule has 0 unspecified atom stereocenters. The van der Waals surface area contributed by atoms with Crippen molar-refractivity contribution < 1.29 is 8.42 Å². The van der Waals surface area contributed by atoms with Gasteiger partial charge in [-0.3, -0.25) is 9.71 Å². The monoisotopic (exact) mass is 267 g/mol. The van der Waals surface area contributed by atoms with Crippen LogP contribution in [-0.4, -0.2) is 46.3 Å². The maximum atomic E-state index is 11.8. The van der Waals surface area contributed by atoms with Crippen LogP contribution in [0.4, 0.5) is 0 Å². The number of nitrogens with one attached hydrogen (secondary N) is 1. The van der Waals surface area contributed by atoms with Crippen LogP contribution >= 0.6 is 0 Å². The van der Waals surface area contributed by atoms with Gasteiger partial charge in [0.25, 0.3) is 10.0 Å². The normalized spacial score (nSPS) is 18.9. The molecule has 1 aliphatic heterocycles. The van der Waals surface area contributed by atoms with E-state index < -0.39 is 10.0 Å². The molecule has 18 heavy (non-hydrogen) atoms. The van der Waals surface area contributed by atoms with Crippen molar-refractivity contribution in [2.24, 2.45) is 4.99 Å². The van der Waals surface area contributed by atoms with E-state index in [9.17, 15) is 8.42 Å². The summed E-state index contributed by atoms with van der Waals surface area (Å²) in [4.78, 5) is 6.72. The second-order valence-electron chi connectivity index (χ2n) is 4.49. The van der Waals surface area contributed by atoms with Gasteiger partial charge in [-0.15, -0.1) is 0 Å². The van der Waals surface area contributed by atoms with Gasteiger partial charge in [-0.25, -0.2) is 8.42 Å². The van der Waals surface area contributed by atoms with Crippen molar-refractivity contribution in [3.05, 3.63) is 29.8 Å². The lowest BCUT2D eigenvalue weighted by Gasteiger charge is -2.07. The predicted octanol–water partition coefficient (Wildman–Crippen LogP) is 0.677. The first-order valence-electron chi connectivity index (χ1n) is 5.82. The molecular weight excluding hydrogens is 250 g/mol. The topological polar surface area (TPSA) is 61.8 Å². The molecule has 1 aromatic carbocycles. The SMILES string of the molecule is CN(C)CCCN=C1NS(=O)(=O)c2ccccc21. The zero-order chi connectivity index (χ0) is 13.2. The third kappa shape index (κ3) is 2.70. The summed E-state index contributed by atoms with van der Waals surface area (Å²) in [6, 6.07) is 6.90. The van der Waals surface area contributed by atoms with Crippen molar-refractivity contribution in [3.63, 3.8) is 0 Å². The third-order valence-electron chi connectivity index (χ3n) is 2.70. The van der Waals surface area contributed by atoms with Gasteiger partial charge < -0.3 is 4.90 Å². The number of rotatable bonds is 4. The first kappa shape index (κ1) is 13.0. The third-order valence-corrected chi connectivity index (χ3v) is 4.09. The number of hydrogen-bond acceptors (Lipinski definition) is 4. The van der Waals surface area contributed by atoms with Crippen LogP contribution in [0, 0.1) is 0 Å². The molecule has 0 saturated heterocycles. The van der Waals surface area contributed by atoms with E-state index in [-0.39, 0.29) is 0 Å². The van der Waals surface area contributed by atoms with E-state index in [4.69, 9.17) is 0 Å². The van der Waals surface area contributed by atoms with E-state index >= 15 is 0 Å². The second kappa shape index (κ2) is 5.07. The summed E-state index contributed by atoms with van der Waals surface area (Å²) in [7, 11) is 0.602. The molecule has 2 rings (SSSR count). The quantitative estimate of drug-likeness (QED) is 0.816. The smallest absolute Gasteiger partial charge is 0.263 e. The van der Waals surface area contributed by atoms with E-state index in [1.807, 2.05) is 20.2 Å². The first-order chi connectivity index (χ1) is 8.50. The molecule has 1 aromatic rings. The van der Waals surface area contributed by atoms with Crippen molar-refractivity contribution in [3.8, 4) is 0 Å². The largest absolute Gasteiger partial charge is 0.309 e. The average Bonchev–Trinajstić information content (AvgIpc) is 2.57. The van der Waals surface area contributed by atoms with Crippen LogP contribution in [0.3, 0.4) is 0 Å². The second-order valence-corrected chi connectivity index (χ2v) is 6.14. The molecule has 5 nitrogen and oxygen atoms in total. The van der Waals surface area contributed by atoms with Crippen molar-refractivity contribution in [1.29, 1.82) is 0 Å². The van der Waals surface area contributed by atoms with Crippen molar-refractivity contribution in [2.75, 3.05) is 27.2 Å². The average molecular weight is 267 g/mol. The minimum Gasteiger partial charge on any atom is -0.309 e. The summed E-state index contributed by atoms with van der Waals surface area (Å²) in [6.07, 6.45) is 0.903. The highest BCUT2D eigenvalue weighted by atomic mass is 32.2. The van der Waals surface area contributed by atoms with Crippen LogP contribution in [0.25, 0.3) is 0 Å². The van der Waals surface area contributed by atoms with Gasteiger partial charge in [-0.2, -0.15) is 0 Å². The maximum Gasteiger partial charge on any atom is 0.263 e. The van der Waals surface area contributed by atoms with E-state index in [2.05, 4.69) is 14.6 Å². The zero-order valence-corrected chi connectivity index (χ0v) is 11.4. The Labute approximate surface area is 108 Å². The molecule has 1 N–H and O–H groups in total. The Hall–Kier alpha value is -1.40. The molecule has 1 aliphatic rings. The Morgan fingerprint density at radius 3 is 2.72 bits per heavy atom. The summed E-state index contributed by atoms with van der Waals surface area (Å²) in [5.74, 6) is 0.462. The van der Waals surface area contributed by atoms with Gasteiger partial charge >= 0.3 is 0 Å². The van der Waals surface area contributed by atoms with Gasteiger partial charge in [0.1, 0.15) is 5.84 Å². The van der Waals surface area contributed by atoms with Crippen molar-refractivity contribution in [1.82, 2.24) is 9.62 Å². The molecule has 0 bridgehead atoms. The standard InChI is InChI=1S/C12H17N3O2S/c1-15(2)9-5-8-13-12-10-6-3-4-7-11(10)18(16,17)14-12/h3-4,6-7H,5,8-9H2,1-2H3,(H,13,14). The lowest BCUT2D eigenvalue weighted by atomic mass is 10.2. The van der Waals surface area contributed by atoms with E-state index in [0.717, 1.165) is 13.0 Å². The molecular formula is C12H17N3O2S. The number of amidine groups is 1. The van der Waals surface area contributed by atoms with Gasteiger partial charge in [0.05, 0.1) is 4.90 Å². The van der Waals surface area contributed by atoms with Crippen LogP contribution in [-0.2, 0) is 10.0 Å². The highest BCUT2D eigenvalue weighted by Crippen LogP contribution is 2.21. The molecule has 98 valence electrons. The summed E-state index contributed by atoms with van der Waals surface area (Å²) < 4.78 is 26.1. The number of fused-ring (bicyclic) bond motifs is 1.